The van der Waals surface area contributed by atoms with E-state index in [1.165, 1.54) is 17.6 Å². The van der Waals surface area contributed by atoms with Gasteiger partial charge in [-0.15, -0.1) is 5.10 Å². The van der Waals surface area contributed by atoms with Crippen molar-refractivity contribution in [3.63, 3.8) is 0 Å². The molecule has 0 aliphatic carbocycles. The lowest BCUT2D eigenvalue weighted by atomic mass is 9.98. The Labute approximate surface area is 124 Å². The molecule has 3 heterocycles. The standard InChI is InChI=1S/C13H23N7O/c1-8(2)20-17-12(16-18-20)15-13(21)14-9-6-10-4-5-11(7-9)19(10)3/h8-11H,4-7H2,1-3H3,(H2,14,15,17,21). The van der Waals surface area contributed by atoms with Crippen LogP contribution in [0.4, 0.5) is 10.7 Å². The summed E-state index contributed by atoms with van der Waals surface area (Å²) in [5.74, 6) is 0.247. The number of carbonyl (C=O) groups is 1. The third-order valence-corrected chi connectivity index (χ3v) is 4.55. The molecule has 2 aliphatic rings. The predicted octanol–water partition coefficient (Wildman–Crippen LogP) is 1.00. The molecule has 0 saturated carbocycles. The van der Waals surface area contributed by atoms with Gasteiger partial charge in [0, 0.05) is 18.1 Å². The first-order valence-electron chi connectivity index (χ1n) is 7.62. The Kier molecular flexibility index (Phi) is 3.79. The van der Waals surface area contributed by atoms with E-state index in [9.17, 15) is 4.79 Å². The number of nitrogens with zero attached hydrogens (tertiary/aromatic N) is 5. The minimum absolute atomic E-state index is 0.126. The number of aromatic nitrogens is 4. The van der Waals surface area contributed by atoms with Crippen molar-refractivity contribution in [1.29, 1.82) is 0 Å². The molecule has 8 heteroatoms. The van der Waals surface area contributed by atoms with Gasteiger partial charge in [-0.3, -0.25) is 5.32 Å². The Morgan fingerprint density at radius 3 is 2.52 bits per heavy atom. The second-order valence-electron chi connectivity index (χ2n) is 6.34. The number of amides is 2. The summed E-state index contributed by atoms with van der Waals surface area (Å²) in [5.41, 5.74) is 0. The second-order valence-corrected chi connectivity index (χ2v) is 6.34. The van der Waals surface area contributed by atoms with Crippen molar-refractivity contribution in [2.45, 2.75) is 63.7 Å². The first-order valence-corrected chi connectivity index (χ1v) is 7.62. The number of urea groups is 1. The lowest BCUT2D eigenvalue weighted by Gasteiger charge is -2.36. The van der Waals surface area contributed by atoms with Crippen LogP contribution in [-0.2, 0) is 0 Å². The first kappa shape index (κ1) is 14.2. The van der Waals surface area contributed by atoms with Crippen LogP contribution in [0.5, 0.6) is 0 Å². The SMILES string of the molecule is CC(C)n1nnc(NC(=O)NC2CC3CCC(C2)N3C)n1. The molecule has 2 bridgehead atoms. The minimum atomic E-state index is -0.243. The quantitative estimate of drug-likeness (QED) is 0.868. The van der Waals surface area contributed by atoms with Crippen molar-refractivity contribution < 1.29 is 4.79 Å². The van der Waals surface area contributed by atoms with Crippen LogP contribution >= 0.6 is 0 Å². The molecule has 2 N–H and O–H groups in total. The van der Waals surface area contributed by atoms with Crippen molar-refractivity contribution in [2.75, 3.05) is 12.4 Å². The zero-order valence-electron chi connectivity index (χ0n) is 12.8. The number of tetrazole rings is 1. The maximum atomic E-state index is 12.0. The fourth-order valence-electron chi connectivity index (χ4n) is 3.35. The summed E-state index contributed by atoms with van der Waals surface area (Å²) < 4.78 is 0. The summed E-state index contributed by atoms with van der Waals surface area (Å²) in [5, 5.41) is 17.5. The summed E-state index contributed by atoms with van der Waals surface area (Å²) in [7, 11) is 2.19. The molecular weight excluding hydrogens is 270 g/mol. The van der Waals surface area contributed by atoms with Gasteiger partial charge in [-0.1, -0.05) is 5.10 Å². The molecule has 0 spiro atoms. The highest BCUT2D eigenvalue weighted by molar-refractivity contribution is 5.87. The first-order chi connectivity index (χ1) is 10.0. The van der Waals surface area contributed by atoms with Crippen molar-refractivity contribution >= 4 is 12.0 Å². The van der Waals surface area contributed by atoms with E-state index < -0.39 is 0 Å². The second kappa shape index (κ2) is 5.59. The van der Waals surface area contributed by atoms with Gasteiger partial charge in [0.05, 0.1) is 6.04 Å². The third-order valence-electron chi connectivity index (χ3n) is 4.55. The number of carbonyl (C=O) groups excluding carboxylic acids is 1. The van der Waals surface area contributed by atoms with Gasteiger partial charge in [0.2, 0.25) is 0 Å². The normalized spacial score (nSPS) is 28.9. The van der Waals surface area contributed by atoms with Crippen molar-refractivity contribution in [1.82, 2.24) is 30.4 Å². The highest BCUT2D eigenvalue weighted by atomic mass is 16.2. The number of hydrogen-bond acceptors (Lipinski definition) is 5. The number of rotatable bonds is 3. The zero-order valence-corrected chi connectivity index (χ0v) is 12.8. The number of anilines is 1. The Bertz CT molecular complexity index is 500. The van der Waals surface area contributed by atoms with E-state index in [0.29, 0.717) is 12.1 Å². The Morgan fingerprint density at radius 2 is 1.95 bits per heavy atom. The number of nitrogens with one attached hydrogen (secondary N) is 2. The summed E-state index contributed by atoms with van der Waals surface area (Å²) in [6, 6.07) is 1.33. The molecule has 2 unspecified atom stereocenters. The fraction of sp³-hybridized carbons (Fsp3) is 0.846. The van der Waals surface area contributed by atoms with E-state index in [1.807, 2.05) is 13.8 Å². The molecule has 2 atom stereocenters. The van der Waals surface area contributed by atoms with Crippen molar-refractivity contribution in [3.8, 4) is 0 Å². The predicted molar refractivity (Wildman–Crippen MR) is 78.0 cm³/mol. The van der Waals surface area contributed by atoms with E-state index in [4.69, 9.17) is 0 Å². The number of piperidine rings is 1. The molecule has 2 aliphatic heterocycles. The molecule has 1 aromatic rings. The molecule has 3 rings (SSSR count). The summed E-state index contributed by atoms with van der Waals surface area (Å²) in [4.78, 5) is 16.0. The van der Waals surface area contributed by atoms with Gasteiger partial charge in [-0.05, 0) is 51.8 Å². The van der Waals surface area contributed by atoms with Crippen LogP contribution in [-0.4, -0.2) is 56.3 Å². The molecular formula is C13H23N7O. The molecule has 8 nitrogen and oxygen atoms in total. The van der Waals surface area contributed by atoms with E-state index in [0.717, 1.165) is 12.8 Å². The molecule has 21 heavy (non-hydrogen) atoms. The number of fused-ring (bicyclic) bond motifs is 2. The van der Waals surface area contributed by atoms with Gasteiger partial charge in [0.1, 0.15) is 0 Å². The fourth-order valence-corrected chi connectivity index (χ4v) is 3.35. The van der Waals surface area contributed by atoms with Crippen LogP contribution in [0, 0.1) is 0 Å². The summed E-state index contributed by atoms with van der Waals surface area (Å²) in [6.07, 6.45) is 4.52. The van der Waals surface area contributed by atoms with E-state index >= 15 is 0 Å². The zero-order chi connectivity index (χ0) is 15.0. The highest BCUT2D eigenvalue weighted by Crippen LogP contribution is 2.34. The van der Waals surface area contributed by atoms with E-state index in [1.54, 1.807) is 0 Å². The third kappa shape index (κ3) is 2.99. The maximum Gasteiger partial charge on any atom is 0.321 e. The minimum Gasteiger partial charge on any atom is -0.335 e. The van der Waals surface area contributed by atoms with Gasteiger partial charge >= 0.3 is 6.03 Å². The number of hydrogen-bond donors (Lipinski definition) is 2. The largest absolute Gasteiger partial charge is 0.335 e. The average molecular weight is 293 g/mol. The van der Waals surface area contributed by atoms with Crippen LogP contribution < -0.4 is 10.6 Å². The van der Waals surface area contributed by atoms with Gasteiger partial charge in [-0.2, -0.15) is 4.80 Å². The molecule has 0 radical (unpaired) electrons. The Morgan fingerprint density at radius 1 is 1.29 bits per heavy atom. The molecule has 2 saturated heterocycles. The smallest absolute Gasteiger partial charge is 0.321 e. The van der Waals surface area contributed by atoms with E-state index in [2.05, 4.69) is 38.0 Å². The van der Waals surface area contributed by atoms with Gasteiger partial charge < -0.3 is 10.2 Å². The maximum absolute atomic E-state index is 12.0. The van der Waals surface area contributed by atoms with Gasteiger partial charge in [-0.25, -0.2) is 4.79 Å². The van der Waals surface area contributed by atoms with Gasteiger partial charge in [0.25, 0.3) is 5.95 Å². The van der Waals surface area contributed by atoms with Gasteiger partial charge in [0.15, 0.2) is 0 Å². The average Bonchev–Trinajstić information content (AvgIpc) is 2.93. The van der Waals surface area contributed by atoms with Crippen LogP contribution in [0.25, 0.3) is 0 Å². The summed E-state index contributed by atoms with van der Waals surface area (Å²) in [6.45, 7) is 3.92. The molecule has 2 amide bonds. The summed E-state index contributed by atoms with van der Waals surface area (Å²) >= 11 is 0. The Balaban J connectivity index is 1.52. The Hall–Kier alpha value is -1.70. The van der Waals surface area contributed by atoms with Crippen LogP contribution in [0.2, 0.25) is 0 Å². The monoisotopic (exact) mass is 293 g/mol. The van der Waals surface area contributed by atoms with Crippen molar-refractivity contribution in [2.24, 2.45) is 0 Å². The molecule has 1 aromatic heterocycles. The topological polar surface area (TPSA) is 88.0 Å². The lowest BCUT2D eigenvalue weighted by molar-refractivity contribution is 0.151. The van der Waals surface area contributed by atoms with Crippen LogP contribution in [0.15, 0.2) is 0 Å². The van der Waals surface area contributed by atoms with E-state index in [-0.39, 0.29) is 24.1 Å². The molecule has 116 valence electrons. The molecule has 2 fully saturated rings. The van der Waals surface area contributed by atoms with Crippen LogP contribution in [0.1, 0.15) is 45.6 Å². The van der Waals surface area contributed by atoms with Crippen molar-refractivity contribution in [3.05, 3.63) is 0 Å². The van der Waals surface area contributed by atoms with Crippen LogP contribution in [0.3, 0.4) is 0 Å². The highest BCUT2D eigenvalue weighted by Gasteiger charge is 2.38. The molecule has 0 aromatic carbocycles. The lowest BCUT2D eigenvalue weighted by Crippen LogP contribution is -2.49.